The SMILES string of the molecule is C[C@@H]1CC[C@@H](C)N1C(=O)[C@H]1O[C@H]1c1ccccc1. The fraction of sp³-hybridized carbons (Fsp3) is 0.533. The van der Waals surface area contributed by atoms with E-state index in [1.165, 1.54) is 0 Å². The van der Waals surface area contributed by atoms with Crippen LogP contribution in [-0.4, -0.2) is 29.0 Å². The van der Waals surface area contributed by atoms with E-state index < -0.39 is 0 Å². The number of likely N-dealkylation sites (tertiary alicyclic amines) is 1. The first kappa shape index (κ1) is 11.7. The summed E-state index contributed by atoms with van der Waals surface area (Å²) in [5.74, 6) is 0.168. The predicted octanol–water partition coefficient (Wildman–Crippen LogP) is 2.53. The molecule has 0 saturated carbocycles. The summed E-state index contributed by atoms with van der Waals surface area (Å²) < 4.78 is 5.58. The second kappa shape index (κ2) is 4.39. The van der Waals surface area contributed by atoms with Crippen LogP contribution in [-0.2, 0) is 9.53 Å². The number of hydrogen-bond donors (Lipinski definition) is 0. The van der Waals surface area contributed by atoms with Crippen LogP contribution >= 0.6 is 0 Å². The first-order valence-corrected chi connectivity index (χ1v) is 6.71. The van der Waals surface area contributed by atoms with E-state index in [1.54, 1.807) is 0 Å². The molecule has 3 heteroatoms. The molecule has 1 aromatic carbocycles. The molecule has 0 aliphatic carbocycles. The first-order valence-electron chi connectivity index (χ1n) is 6.71. The molecule has 1 aromatic rings. The van der Waals surface area contributed by atoms with Crippen molar-refractivity contribution in [2.75, 3.05) is 0 Å². The van der Waals surface area contributed by atoms with Gasteiger partial charge >= 0.3 is 0 Å². The molecule has 0 spiro atoms. The van der Waals surface area contributed by atoms with Gasteiger partial charge in [-0.3, -0.25) is 4.79 Å². The van der Waals surface area contributed by atoms with Gasteiger partial charge in [0.05, 0.1) is 0 Å². The number of hydrogen-bond acceptors (Lipinski definition) is 2. The van der Waals surface area contributed by atoms with Crippen molar-refractivity contribution in [1.29, 1.82) is 0 Å². The highest BCUT2D eigenvalue weighted by atomic mass is 16.6. The molecule has 2 aliphatic rings. The molecule has 3 rings (SSSR count). The number of carbonyl (C=O) groups is 1. The summed E-state index contributed by atoms with van der Waals surface area (Å²) in [5.41, 5.74) is 1.11. The Labute approximate surface area is 108 Å². The van der Waals surface area contributed by atoms with Gasteiger partial charge in [-0.2, -0.15) is 0 Å². The van der Waals surface area contributed by atoms with Crippen LogP contribution in [0.1, 0.15) is 38.4 Å². The maximum absolute atomic E-state index is 12.4. The Morgan fingerprint density at radius 1 is 1.17 bits per heavy atom. The topological polar surface area (TPSA) is 32.8 Å². The minimum absolute atomic E-state index is 0.0290. The number of nitrogens with zero attached hydrogens (tertiary/aromatic N) is 1. The fourth-order valence-corrected chi connectivity index (χ4v) is 2.97. The molecular formula is C15H19NO2. The maximum atomic E-state index is 12.4. The van der Waals surface area contributed by atoms with E-state index in [4.69, 9.17) is 4.74 Å². The zero-order chi connectivity index (χ0) is 12.7. The monoisotopic (exact) mass is 245 g/mol. The molecule has 1 amide bonds. The third-order valence-corrected chi connectivity index (χ3v) is 4.07. The lowest BCUT2D eigenvalue weighted by Crippen LogP contribution is -2.41. The molecule has 3 nitrogen and oxygen atoms in total. The Hall–Kier alpha value is -1.35. The van der Waals surface area contributed by atoms with Gasteiger partial charge in [-0.15, -0.1) is 0 Å². The minimum Gasteiger partial charge on any atom is -0.354 e. The molecule has 0 unspecified atom stereocenters. The number of benzene rings is 1. The Bertz CT molecular complexity index is 435. The van der Waals surface area contributed by atoms with Crippen molar-refractivity contribution >= 4 is 5.91 Å². The zero-order valence-corrected chi connectivity index (χ0v) is 10.9. The van der Waals surface area contributed by atoms with Gasteiger partial charge in [0, 0.05) is 12.1 Å². The standard InChI is InChI=1S/C15H19NO2/c1-10-8-9-11(2)16(10)15(17)14-13(18-14)12-6-4-3-5-7-12/h3-7,10-11,13-14H,8-9H2,1-2H3/t10-,11-,13+,14+/m1/s1. The lowest BCUT2D eigenvalue weighted by molar-refractivity contribution is -0.134. The van der Waals surface area contributed by atoms with Gasteiger partial charge in [0.2, 0.25) is 0 Å². The highest BCUT2D eigenvalue weighted by Crippen LogP contribution is 2.41. The second-order valence-electron chi connectivity index (χ2n) is 5.41. The Morgan fingerprint density at radius 3 is 2.39 bits per heavy atom. The smallest absolute Gasteiger partial charge is 0.255 e. The lowest BCUT2D eigenvalue weighted by Gasteiger charge is -2.25. The highest BCUT2D eigenvalue weighted by Gasteiger charge is 2.50. The van der Waals surface area contributed by atoms with Gasteiger partial charge < -0.3 is 9.64 Å². The molecule has 2 fully saturated rings. The molecule has 2 aliphatic heterocycles. The van der Waals surface area contributed by atoms with Crippen LogP contribution < -0.4 is 0 Å². The van der Waals surface area contributed by atoms with E-state index in [2.05, 4.69) is 13.8 Å². The van der Waals surface area contributed by atoms with Crippen molar-refractivity contribution in [3.63, 3.8) is 0 Å². The number of ether oxygens (including phenoxy) is 1. The summed E-state index contributed by atoms with van der Waals surface area (Å²) in [6, 6.07) is 10.7. The molecule has 0 bridgehead atoms. The van der Waals surface area contributed by atoms with Crippen molar-refractivity contribution in [2.24, 2.45) is 0 Å². The molecule has 2 saturated heterocycles. The van der Waals surface area contributed by atoms with Gasteiger partial charge in [-0.05, 0) is 32.3 Å². The van der Waals surface area contributed by atoms with E-state index >= 15 is 0 Å². The minimum atomic E-state index is -0.254. The Morgan fingerprint density at radius 2 is 1.78 bits per heavy atom. The number of carbonyl (C=O) groups excluding carboxylic acids is 1. The summed E-state index contributed by atoms with van der Waals surface area (Å²) in [4.78, 5) is 14.4. The van der Waals surface area contributed by atoms with Crippen molar-refractivity contribution < 1.29 is 9.53 Å². The van der Waals surface area contributed by atoms with E-state index in [-0.39, 0.29) is 18.1 Å². The fourth-order valence-electron chi connectivity index (χ4n) is 2.97. The number of epoxide rings is 1. The quantitative estimate of drug-likeness (QED) is 0.750. The second-order valence-corrected chi connectivity index (χ2v) is 5.41. The average molecular weight is 245 g/mol. The average Bonchev–Trinajstić information content (AvgIpc) is 3.11. The van der Waals surface area contributed by atoms with E-state index in [0.29, 0.717) is 12.1 Å². The summed E-state index contributed by atoms with van der Waals surface area (Å²) in [6.07, 6.45) is 1.93. The molecule has 0 N–H and O–H groups in total. The van der Waals surface area contributed by atoms with E-state index in [1.807, 2.05) is 35.2 Å². The summed E-state index contributed by atoms with van der Waals surface area (Å²) >= 11 is 0. The predicted molar refractivity (Wildman–Crippen MR) is 69.1 cm³/mol. The van der Waals surface area contributed by atoms with E-state index in [9.17, 15) is 4.79 Å². The maximum Gasteiger partial charge on any atom is 0.255 e. The molecule has 18 heavy (non-hydrogen) atoms. The summed E-state index contributed by atoms with van der Waals surface area (Å²) in [5, 5.41) is 0. The van der Waals surface area contributed by atoms with Crippen molar-refractivity contribution in [1.82, 2.24) is 4.90 Å². The van der Waals surface area contributed by atoms with Crippen molar-refractivity contribution in [2.45, 2.75) is 51.0 Å². The zero-order valence-electron chi connectivity index (χ0n) is 10.9. The van der Waals surface area contributed by atoms with Crippen LogP contribution in [0, 0.1) is 0 Å². The van der Waals surface area contributed by atoms with Gasteiger partial charge in [-0.25, -0.2) is 0 Å². The van der Waals surface area contributed by atoms with Gasteiger partial charge in [-0.1, -0.05) is 30.3 Å². The highest BCUT2D eigenvalue weighted by molar-refractivity contribution is 5.85. The number of rotatable bonds is 2. The largest absolute Gasteiger partial charge is 0.354 e. The van der Waals surface area contributed by atoms with Crippen LogP contribution in [0.25, 0.3) is 0 Å². The van der Waals surface area contributed by atoms with Gasteiger partial charge in [0.25, 0.3) is 5.91 Å². The molecule has 0 radical (unpaired) electrons. The van der Waals surface area contributed by atoms with Crippen LogP contribution in [0.15, 0.2) is 30.3 Å². The molecule has 4 atom stereocenters. The van der Waals surface area contributed by atoms with Crippen LogP contribution in [0.5, 0.6) is 0 Å². The molecule has 2 heterocycles. The summed E-state index contributed by atoms with van der Waals surface area (Å²) in [6.45, 7) is 4.25. The van der Waals surface area contributed by atoms with E-state index in [0.717, 1.165) is 18.4 Å². The van der Waals surface area contributed by atoms with Crippen molar-refractivity contribution in [3.05, 3.63) is 35.9 Å². The van der Waals surface area contributed by atoms with Gasteiger partial charge in [0.15, 0.2) is 6.10 Å². The molecule has 96 valence electrons. The number of amides is 1. The summed E-state index contributed by atoms with van der Waals surface area (Å²) in [7, 11) is 0. The van der Waals surface area contributed by atoms with Crippen molar-refractivity contribution in [3.8, 4) is 0 Å². The Balaban J connectivity index is 1.69. The molecular weight excluding hydrogens is 226 g/mol. The Kier molecular flexibility index (Phi) is 2.86. The van der Waals surface area contributed by atoms with Crippen LogP contribution in [0.3, 0.4) is 0 Å². The van der Waals surface area contributed by atoms with Crippen LogP contribution in [0.2, 0.25) is 0 Å². The first-order chi connectivity index (χ1) is 8.68. The van der Waals surface area contributed by atoms with Crippen LogP contribution in [0.4, 0.5) is 0 Å². The van der Waals surface area contributed by atoms with Gasteiger partial charge in [0.1, 0.15) is 6.10 Å². The normalized spacial score (nSPS) is 34.7. The lowest BCUT2D eigenvalue weighted by atomic mass is 10.1. The molecule has 0 aromatic heterocycles. The third kappa shape index (κ3) is 1.93. The third-order valence-electron chi connectivity index (χ3n) is 4.07.